The standard InChI is InChI=1S/C10H14ClN3/c1-7-5-14(6-8(7)2)9-3-10(11)13-12-4-9/h3-4,7-8H,5-6H2,1-2H3. The normalized spacial score (nSPS) is 26.9. The predicted molar refractivity (Wildman–Crippen MR) is 57.6 cm³/mol. The maximum atomic E-state index is 5.80. The molecule has 0 bridgehead atoms. The predicted octanol–water partition coefficient (Wildman–Crippen LogP) is 2.22. The second-order valence-electron chi connectivity index (χ2n) is 4.10. The summed E-state index contributed by atoms with van der Waals surface area (Å²) in [4.78, 5) is 2.32. The zero-order chi connectivity index (χ0) is 10.1. The summed E-state index contributed by atoms with van der Waals surface area (Å²) in [5, 5.41) is 8.06. The van der Waals surface area contributed by atoms with Crippen molar-refractivity contribution < 1.29 is 0 Å². The molecule has 1 aromatic heterocycles. The summed E-state index contributed by atoms with van der Waals surface area (Å²) >= 11 is 5.80. The number of aromatic nitrogens is 2. The first kappa shape index (κ1) is 9.71. The summed E-state index contributed by atoms with van der Waals surface area (Å²) in [6.45, 7) is 6.73. The molecule has 3 nitrogen and oxygen atoms in total. The van der Waals surface area contributed by atoms with Gasteiger partial charge in [0.25, 0.3) is 0 Å². The van der Waals surface area contributed by atoms with Gasteiger partial charge >= 0.3 is 0 Å². The molecule has 76 valence electrons. The first-order valence-corrected chi connectivity index (χ1v) is 5.28. The number of hydrogen-bond donors (Lipinski definition) is 0. The molecule has 14 heavy (non-hydrogen) atoms. The van der Waals surface area contributed by atoms with Gasteiger partial charge in [-0.2, -0.15) is 5.10 Å². The summed E-state index contributed by atoms with van der Waals surface area (Å²) < 4.78 is 0. The molecule has 0 spiro atoms. The highest BCUT2D eigenvalue weighted by Crippen LogP contribution is 2.27. The van der Waals surface area contributed by atoms with E-state index in [2.05, 4.69) is 28.9 Å². The quantitative estimate of drug-likeness (QED) is 0.714. The molecule has 0 saturated carbocycles. The van der Waals surface area contributed by atoms with E-state index in [9.17, 15) is 0 Å². The molecule has 0 radical (unpaired) electrons. The Kier molecular flexibility index (Phi) is 2.59. The fraction of sp³-hybridized carbons (Fsp3) is 0.600. The Morgan fingerprint density at radius 3 is 2.57 bits per heavy atom. The SMILES string of the molecule is CC1CN(c2cnnc(Cl)c2)CC1C. The minimum absolute atomic E-state index is 0.467. The summed E-state index contributed by atoms with van der Waals surface area (Å²) in [6.07, 6.45) is 1.77. The van der Waals surface area contributed by atoms with Crippen LogP contribution >= 0.6 is 11.6 Å². The van der Waals surface area contributed by atoms with Crippen molar-refractivity contribution in [3.8, 4) is 0 Å². The van der Waals surface area contributed by atoms with Crippen LogP contribution in [0, 0.1) is 11.8 Å². The Labute approximate surface area is 89.1 Å². The van der Waals surface area contributed by atoms with Gasteiger partial charge in [0, 0.05) is 19.2 Å². The van der Waals surface area contributed by atoms with Gasteiger partial charge in [-0.3, -0.25) is 0 Å². The molecular weight excluding hydrogens is 198 g/mol. The van der Waals surface area contributed by atoms with Crippen LogP contribution in [-0.4, -0.2) is 23.3 Å². The Morgan fingerprint density at radius 1 is 1.36 bits per heavy atom. The Bertz CT molecular complexity index is 319. The molecule has 2 rings (SSSR count). The van der Waals surface area contributed by atoms with Crippen LogP contribution in [0.3, 0.4) is 0 Å². The average molecular weight is 212 g/mol. The van der Waals surface area contributed by atoms with Gasteiger partial charge in [-0.15, -0.1) is 5.10 Å². The van der Waals surface area contributed by atoms with Gasteiger partial charge in [0.15, 0.2) is 5.15 Å². The zero-order valence-corrected chi connectivity index (χ0v) is 9.20. The molecule has 1 saturated heterocycles. The lowest BCUT2D eigenvalue weighted by molar-refractivity contribution is 0.494. The highest BCUT2D eigenvalue weighted by molar-refractivity contribution is 6.29. The number of halogens is 1. The minimum Gasteiger partial charge on any atom is -0.370 e. The van der Waals surface area contributed by atoms with Crippen LogP contribution in [0.5, 0.6) is 0 Å². The molecule has 2 heterocycles. The van der Waals surface area contributed by atoms with Gasteiger partial charge < -0.3 is 4.90 Å². The molecule has 4 heteroatoms. The number of rotatable bonds is 1. The van der Waals surface area contributed by atoms with Crippen LogP contribution in [-0.2, 0) is 0 Å². The third-order valence-corrected chi connectivity index (χ3v) is 3.15. The van der Waals surface area contributed by atoms with Gasteiger partial charge in [0.05, 0.1) is 11.9 Å². The van der Waals surface area contributed by atoms with Gasteiger partial charge in [-0.25, -0.2) is 0 Å². The largest absolute Gasteiger partial charge is 0.370 e. The fourth-order valence-electron chi connectivity index (χ4n) is 1.84. The van der Waals surface area contributed by atoms with E-state index >= 15 is 0 Å². The molecular formula is C10H14ClN3. The lowest BCUT2D eigenvalue weighted by Gasteiger charge is -2.17. The zero-order valence-electron chi connectivity index (χ0n) is 8.44. The van der Waals surface area contributed by atoms with E-state index in [0.29, 0.717) is 5.15 Å². The van der Waals surface area contributed by atoms with Crippen molar-refractivity contribution in [2.75, 3.05) is 18.0 Å². The molecule has 0 aromatic carbocycles. The summed E-state index contributed by atoms with van der Waals surface area (Å²) in [6, 6.07) is 1.87. The van der Waals surface area contributed by atoms with E-state index < -0.39 is 0 Å². The van der Waals surface area contributed by atoms with Crippen molar-refractivity contribution in [3.05, 3.63) is 17.4 Å². The summed E-state index contributed by atoms with van der Waals surface area (Å²) in [5.74, 6) is 1.48. The van der Waals surface area contributed by atoms with Crippen molar-refractivity contribution >= 4 is 17.3 Å². The maximum Gasteiger partial charge on any atom is 0.153 e. The molecule has 1 aliphatic heterocycles. The van der Waals surface area contributed by atoms with Crippen molar-refractivity contribution in [1.82, 2.24) is 10.2 Å². The first-order chi connectivity index (χ1) is 6.66. The molecule has 1 aromatic rings. The maximum absolute atomic E-state index is 5.80. The average Bonchev–Trinajstić information content (AvgIpc) is 2.47. The fourth-order valence-corrected chi connectivity index (χ4v) is 2.00. The first-order valence-electron chi connectivity index (χ1n) is 4.90. The van der Waals surface area contributed by atoms with Crippen LogP contribution in [0.4, 0.5) is 5.69 Å². The molecule has 0 amide bonds. The number of anilines is 1. The smallest absolute Gasteiger partial charge is 0.153 e. The molecule has 2 atom stereocenters. The van der Waals surface area contributed by atoms with Crippen LogP contribution < -0.4 is 4.90 Å². The topological polar surface area (TPSA) is 29.0 Å². The van der Waals surface area contributed by atoms with Gasteiger partial charge in [-0.1, -0.05) is 25.4 Å². The molecule has 0 N–H and O–H groups in total. The van der Waals surface area contributed by atoms with Crippen LogP contribution in [0.25, 0.3) is 0 Å². The summed E-state index contributed by atoms with van der Waals surface area (Å²) in [5.41, 5.74) is 1.08. The Hall–Kier alpha value is -0.830. The van der Waals surface area contributed by atoms with E-state index in [-0.39, 0.29) is 0 Å². The van der Waals surface area contributed by atoms with Gasteiger partial charge in [0.1, 0.15) is 0 Å². The Balaban J connectivity index is 2.17. The van der Waals surface area contributed by atoms with E-state index in [0.717, 1.165) is 30.6 Å². The van der Waals surface area contributed by atoms with Crippen LogP contribution in [0.15, 0.2) is 12.3 Å². The van der Waals surface area contributed by atoms with Crippen molar-refractivity contribution in [2.24, 2.45) is 11.8 Å². The molecule has 1 fully saturated rings. The third kappa shape index (κ3) is 1.82. The van der Waals surface area contributed by atoms with Gasteiger partial charge in [0.2, 0.25) is 0 Å². The van der Waals surface area contributed by atoms with Crippen LogP contribution in [0.1, 0.15) is 13.8 Å². The second kappa shape index (κ2) is 3.73. The Morgan fingerprint density at radius 2 is 2.00 bits per heavy atom. The van der Waals surface area contributed by atoms with E-state index in [1.807, 2.05) is 6.07 Å². The van der Waals surface area contributed by atoms with Crippen LogP contribution in [0.2, 0.25) is 5.15 Å². The van der Waals surface area contributed by atoms with E-state index in [4.69, 9.17) is 11.6 Å². The lowest BCUT2D eigenvalue weighted by Crippen LogP contribution is -2.19. The van der Waals surface area contributed by atoms with E-state index in [1.165, 1.54) is 0 Å². The molecule has 0 aliphatic carbocycles. The monoisotopic (exact) mass is 211 g/mol. The lowest BCUT2D eigenvalue weighted by atomic mass is 10.0. The van der Waals surface area contributed by atoms with Crippen molar-refractivity contribution in [2.45, 2.75) is 13.8 Å². The molecule has 1 aliphatic rings. The highest BCUT2D eigenvalue weighted by atomic mass is 35.5. The minimum atomic E-state index is 0.467. The van der Waals surface area contributed by atoms with E-state index in [1.54, 1.807) is 6.20 Å². The van der Waals surface area contributed by atoms with Crippen molar-refractivity contribution in [3.63, 3.8) is 0 Å². The molecule has 2 unspecified atom stereocenters. The second-order valence-corrected chi connectivity index (χ2v) is 4.48. The number of hydrogen-bond acceptors (Lipinski definition) is 3. The summed E-state index contributed by atoms with van der Waals surface area (Å²) in [7, 11) is 0. The highest BCUT2D eigenvalue weighted by Gasteiger charge is 2.26. The number of nitrogens with zero attached hydrogens (tertiary/aromatic N) is 3. The third-order valence-electron chi connectivity index (χ3n) is 2.96. The van der Waals surface area contributed by atoms with Gasteiger partial charge in [-0.05, 0) is 11.8 Å². The van der Waals surface area contributed by atoms with Crippen molar-refractivity contribution in [1.29, 1.82) is 0 Å².